The van der Waals surface area contributed by atoms with Gasteiger partial charge in [-0.3, -0.25) is 4.79 Å². The van der Waals surface area contributed by atoms with Crippen molar-refractivity contribution in [1.82, 2.24) is 5.43 Å². The molecule has 0 spiro atoms. The predicted octanol–water partition coefficient (Wildman–Crippen LogP) is 2.73. The maximum atomic E-state index is 11.9. The van der Waals surface area contributed by atoms with E-state index < -0.39 is 0 Å². The van der Waals surface area contributed by atoms with Crippen molar-refractivity contribution in [2.45, 2.75) is 13.8 Å². The first-order chi connectivity index (χ1) is 9.56. The van der Waals surface area contributed by atoms with Crippen LogP contribution in [0.5, 0.6) is 0 Å². The molecule has 0 saturated heterocycles. The molecule has 0 unspecified atom stereocenters. The Hall–Kier alpha value is -2.62. The van der Waals surface area contributed by atoms with Gasteiger partial charge in [-0.05, 0) is 43.7 Å². The number of hydrazone groups is 1. The van der Waals surface area contributed by atoms with Crippen molar-refractivity contribution in [2.24, 2.45) is 5.10 Å². The molecule has 0 fully saturated rings. The van der Waals surface area contributed by atoms with Crippen molar-refractivity contribution in [3.63, 3.8) is 0 Å². The van der Waals surface area contributed by atoms with Crippen molar-refractivity contribution in [3.05, 3.63) is 65.2 Å². The lowest BCUT2D eigenvalue weighted by Gasteiger charge is -2.04. The molecule has 0 aliphatic carbocycles. The van der Waals surface area contributed by atoms with Crippen LogP contribution in [0.4, 0.5) is 5.69 Å². The van der Waals surface area contributed by atoms with Crippen LogP contribution < -0.4 is 11.2 Å². The average molecular weight is 267 g/mol. The number of amides is 1. The topological polar surface area (TPSA) is 67.5 Å². The van der Waals surface area contributed by atoms with E-state index in [0.29, 0.717) is 11.3 Å². The first kappa shape index (κ1) is 13.8. The highest BCUT2D eigenvalue weighted by Gasteiger charge is 2.04. The number of anilines is 1. The molecule has 102 valence electrons. The minimum Gasteiger partial charge on any atom is -0.399 e. The van der Waals surface area contributed by atoms with Crippen molar-refractivity contribution < 1.29 is 4.79 Å². The molecule has 0 atom stereocenters. The molecule has 0 saturated carbocycles. The zero-order valence-electron chi connectivity index (χ0n) is 11.6. The molecule has 0 aliphatic rings. The highest BCUT2D eigenvalue weighted by Crippen LogP contribution is 2.07. The van der Waals surface area contributed by atoms with Gasteiger partial charge in [0.1, 0.15) is 0 Å². The molecule has 1 amide bonds. The minimum atomic E-state index is -0.219. The van der Waals surface area contributed by atoms with Gasteiger partial charge in [-0.2, -0.15) is 5.10 Å². The number of nitrogen functional groups attached to an aromatic ring is 1. The van der Waals surface area contributed by atoms with Crippen LogP contribution in [-0.4, -0.2) is 11.6 Å². The van der Waals surface area contributed by atoms with Crippen LogP contribution >= 0.6 is 0 Å². The van der Waals surface area contributed by atoms with E-state index in [-0.39, 0.29) is 5.91 Å². The maximum Gasteiger partial charge on any atom is 0.271 e. The Balaban J connectivity index is 2.08. The Morgan fingerprint density at radius 2 is 1.80 bits per heavy atom. The maximum absolute atomic E-state index is 11.9. The Bertz CT molecular complexity index is 645. The van der Waals surface area contributed by atoms with Crippen LogP contribution in [0.15, 0.2) is 53.6 Å². The number of nitrogens with two attached hydrogens (primary N) is 1. The number of hydrogen-bond acceptors (Lipinski definition) is 3. The lowest BCUT2D eigenvalue weighted by atomic mass is 10.1. The largest absolute Gasteiger partial charge is 0.399 e. The molecule has 2 aromatic carbocycles. The van der Waals surface area contributed by atoms with E-state index in [1.165, 1.54) is 0 Å². The lowest BCUT2D eigenvalue weighted by Crippen LogP contribution is -2.19. The minimum absolute atomic E-state index is 0.219. The fourth-order valence-corrected chi connectivity index (χ4v) is 1.77. The SMILES string of the molecule is C/C(=N\NC(=O)c1cccc(C)c1)c1ccc(N)cc1. The molecule has 0 aromatic heterocycles. The molecule has 4 nitrogen and oxygen atoms in total. The van der Waals surface area contributed by atoms with Crippen LogP contribution in [0.25, 0.3) is 0 Å². The Labute approximate surface area is 118 Å². The summed E-state index contributed by atoms with van der Waals surface area (Å²) in [6.07, 6.45) is 0. The fraction of sp³-hybridized carbons (Fsp3) is 0.125. The number of nitrogens with zero attached hydrogens (tertiary/aromatic N) is 1. The number of benzene rings is 2. The van der Waals surface area contributed by atoms with Gasteiger partial charge in [0, 0.05) is 11.3 Å². The highest BCUT2D eigenvalue weighted by atomic mass is 16.2. The van der Waals surface area contributed by atoms with E-state index in [1.807, 2.05) is 44.2 Å². The monoisotopic (exact) mass is 267 g/mol. The van der Waals surface area contributed by atoms with Gasteiger partial charge in [-0.25, -0.2) is 5.43 Å². The zero-order valence-corrected chi connectivity index (χ0v) is 11.6. The molecule has 20 heavy (non-hydrogen) atoms. The predicted molar refractivity (Wildman–Crippen MR) is 81.7 cm³/mol. The smallest absolute Gasteiger partial charge is 0.271 e. The van der Waals surface area contributed by atoms with Gasteiger partial charge in [-0.1, -0.05) is 29.8 Å². The number of aryl methyl sites for hydroxylation is 1. The number of rotatable bonds is 3. The summed E-state index contributed by atoms with van der Waals surface area (Å²) in [5, 5.41) is 4.11. The quantitative estimate of drug-likeness (QED) is 0.510. The summed E-state index contributed by atoms with van der Waals surface area (Å²) in [4.78, 5) is 11.9. The molecule has 0 heterocycles. The van der Waals surface area contributed by atoms with Crippen LogP contribution in [0.3, 0.4) is 0 Å². The van der Waals surface area contributed by atoms with Crippen LogP contribution in [0.1, 0.15) is 28.4 Å². The normalized spacial score (nSPS) is 11.2. The summed E-state index contributed by atoms with van der Waals surface area (Å²) < 4.78 is 0. The van der Waals surface area contributed by atoms with E-state index in [0.717, 1.165) is 16.8 Å². The first-order valence-corrected chi connectivity index (χ1v) is 6.33. The van der Waals surface area contributed by atoms with Crippen molar-refractivity contribution >= 4 is 17.3 Å². The third-order valence-corrected chi connectivity index (χ3v) is 2.93. The molecular formula is C16H17N3O. The summed E-state index contributed by atoms with van der Waals surface area (Å²) in [6.45, 7) is 3.78. The lowest BCUT2D eigenvalue weighted by molar-refractivity contribution is 0.0954. The summed E-state index contributed by atoms with van der Waals surface area (Å²) in [5.74, 6) is -0.219. The van der Waals surface area contributed by atoms with Gasteiger partial charge in [-0.15, -0.1) is 0 Å². The molecule has 3 N–H and O–H groups in total. The standard InChI is InChI=1S/C16H17N3O/c1-11-4-3-5-14(10-11)16(20)19-18-12(2)13-6-8-15(17)9-7-13/h3-10H,17H2,1-2H3,(H,19,20)/b18-12+. The van der Waals surface area contributed by atoms with Crippen molar-refractivity contribution in [2.75, 3.05) is 5.73 Å². The molecule has 2 aromatic rings. The van der Waals surface area contributed by atoms with Gasteiger partial charge in [0.2, 0.25) is 0 Å². The molecule has 0 aliphatic heterocycles. The summed E-state index contributed by atoms with van der Waals surface area (Å²) in [5.41, 5.74) is 12.2. The third kappa shape index (κ3) is 3.45. The van der Waals surface area contributed by atoms with E-state index in [9.17, 15) is 4.79 Å². The van der Waals surface area contributed by atoms with Crippen LogP contribution in [-0.2, 0) is 0 Å². The second-order valence-electron chi connectivity index (χ2n) is 4.63. The van der Waals surface area contributed by atoms with Gasteiger partial charge < -0.3 is 5.73 Å². The number of carbonyl (C=O) groups excluding carboxylic acids is 1. The van der Waals surface area contributed by atoms with Crippen LogP contribution in [0.2, 0.25) is 0 Å². The summed E-state index contributed by atoms with van der Waals surface area (Å²) in [6, 6.07) is 14.7. The highest BCUT2D eigenvalue weighted by molar-refractivity contribution is 6.01. The second kappa shape index (κ2) is 6.02. The Morgan fingerprint density at radius 1 is 1.10 bits per heavy atom. The van der Waals surface area contributed by atoms with E-state index in [2.05, 4.69) is 10.5 Å². The fourth-order valence-electron chi connectivity index (χ4n) is 1.77. The first-order valence-electron chi connectivity index (χ1n) is 6.33. The molecule has 2 rings (SSSR count). The van der Waals surface area contributed by atoms with E-state index in [4.69, 9.17) is 5.73 Å². The van der Waals surface area contributed by atoms with Gasteiger partial charge >= 0.3 is 0 Å². The Kier molecular flexibility index (Phi) is 4.15. The average Bonchev–Trinajstić information content (AvgIpc) is 2.45. The summed E-state index contributed by atoms with van der Waals surface area (Å²) >= 11 is 0. The number of hydrogen-bond donors (Lipinski definition) is 2. The molecule has 4 heteroatoms. The molecular weight excluding hydrogens is 250 g/mol. The number of nitrogens with one attached hydrogen (secondary N) is 1. The second-order valence-corrected chi connectivity index (χ2v) is 4.63. The van der Waals surface area contributed by atoms with Crippen molar-refractivity contribution in [3.8, 4) is 0 Å². The summed E-state index contributed by atoms with van der Waals surface area (Å²) in [7, 11) is 0. The van der Waals surface area contributed by atoms with Crippen molar-refractivity contribution in [1.29, 1.82) is 0 Å². The van der Waals surface area contributed by atoms with Gasteiger partial charge in [0.15, 0.2) is 0 Å². The van der Waals surface area contributed by atoms with Gasteiger partial charge in [0.25, 0.3) is 5.91 Å². The zero-order chi connectivity index (χ0) is 14.5. The van der Waals surface area contributed by atoms with E-state index >= 15 is 0 Å². The van der Waals surface area contributed by atoms with Gasteiger partial charge in [0.05, 0.1) is 5.71 Å². The van der Waals surface area contributed by atoms with Crippen LogP contribution in [0, 0.1) is 6.92 Å². The number of carbonyl (C=O) groups is 1. The third-order valence-electron chi connectivity index (χ3n) is 2.93. The molecule has 0 bridgehead atoms. The molecule has 0 radical (unpaired) electrons. The Morgan fingerprint density at radius 3 is 2.45 bits per heavy atom. The van der Waals surface area contributed by atoms with E-state index in [1.54, 1.807) is 18.2 Å².